The largest absolute Gasteiger partial charge is 0.298 e. The Bertz CT molecular complexity index is 302. The van der Waals surface area contributed by atoms with Crippen molar-refractivity contribution in [3.63, 3.8) is 0 Å². The number of hydrogen-bond acceptors (Lipinski definition) is 2. The Hall–Kier alpha value is -1.12. The van der Waals surface area contributed by atoms with Crippen molar-refractivity contribution in [2.24, 2.45) is 0 Å². The van der Waals surface area contributed by atoms with Crippen molar-refractivity contribution in [2.75, 3.05) is 0 Å². The number of aromatic nitrogens is 2. The maximum atomic E-state index is 10.9. The Labute approximate surface area is 78.8 Å². The molecule has 0 bridgehead atoms. The van der Waals surface area contributed by atoms with E-state index in [0.29, 0.717) is 6.54 Å². The SMILES string of the molecule is CCc1cc(CC)n(CC(C)=O)n1. The molecule has 0 amide bonds. The average molecular weight is 180 g/mol. The van der Waals surface area contributed by atoms with Crippen LogP contribution in [0.3, 0.4) is 0 Å². The minimum Gasteiger partial charge on any atom is -0.298 e. The van der Waals surface area contributed by atoms with Gasteiger partial charge in [0.1, 0.15) is 0 Å². The van der Waals surface area contributed by atoms with E-state index >= 15 is 0 Å². The Kier molecular flexibility index (Phi) is 3.23. The molecule has 0 atom stereocenters. The minimum atomic E-state index is 0.153. The van der Waals surface area contributed by atoms with Crippen molar-refractivity contribution < 1.29 is 4.79 Å². The molecule has 72 valence electrons. The fourth-order valence-electron chi connectivity index (χ4n) is 1.32. The van der Waals surface area contributed by atoms with E-state index in [2.05, 4.69) is 25.0 Å². The molecule has 1 aromatic rings. The van der Waals surface area contributed by atoms with Gasteiger partial charge in [-0.2, -0.15) is 5.10 Å². The van der Waals surface area contributed by atoms with Gasteiger partial charge in [-0.3, -0.25) is 9.48 Å². The van der Waals surface area contributed by atoms with Gasteiger partial charge in [-0.15, -0.1) is 0 Å². The van der Waals surface area contributed by atoms with E-state index in [1.165, 1.54) is 0 Å². The van der Waals surface area contributed by atoms with Crippen LogP contribution >= 0.6 is 0 Å². The zero-order chi connectivity index (χ0) is 9.84. The third kappa shape index (κ3) is 2.41. The Morgan fingerprint density at radius 2 is 2.15 bits per heavy atom. The maximum absolute atomic E-state index is 10.9. The summed E-state index contributed by atoms with van der Waals surface area (Å²) in [6, 6.07) is 2.07. The van der Waals surface area contributed by atoms with Gasteiger partial charge in [-0.25, -0.2) is 0 Å². The van der Waals surface area contributed by atoms with E-state index in [0.717, 1.165) is 24.2 Å². The molecule has 1 heterocycles. The van der Waals surface area contributed by atoms with Crippen LogP contribution in [0.4, 0.5) is 0 Å². The molecule has 0 saturated heterocycles. The van der Waals surface area contributed by atoms with Crippen LogP contribution in [-0.2, 0) is 24.2 Å². The van der Waals surface area contributed by atoms with Gasteiger partial charge in [0.25, 0.3) is 0 Å². The molecule has 0 radical (unpaired) electrons. The molecule has 0 aromatic carbocycles. The van der Waals surface area contributed by atoms with E-state index in [1.54, 1.807) is 11.6 Å². The number of carbonyl (C=O) groups is 1. The molecule has 1 aromatic heterocycles. The Balaban J connectivity index is 2.90. The predicted octanol–water partition coefficient (Wildman–Crippen LogP) is 1.60. The van der Waals surface area contributed by atoms with E-state index in [1.807, 2.05) is 0 Å². The number of aryl methyl sites for hydroxylation is 2. The van der Waals surface area contributed by atoms with Gasteiger partial charge in [0.05, 0.1) is 12.2 Å². The second kappa shape index (κ2) is 4.21. The number of carbonyl (C=O) groups excluding carboxylic acids is 1. The van der Waals surface area contributed by atoms with E-state index in [9.17, 15) is 4.79 Å². The van der Waals surface area contributed by atoms with E-state index < -0.39 is 0 Å². The summed E-state index contributed by atoms with van der Waals surface area (Å²) in [6.07, 6.45) is 1.86. The lowest BCUT2D eigenvalue weighted by Gasteiger charge is -2.01. The van der Waals surface area contributed by atoms with Crippen LogP contribution in [0.5, 0.6) is 0 Å². The summed E-state index contributed by atoms with van der Waals surface area (Å²) >= 11 is 0. The summed E-state index contributed by atoms with van der Waals surface area (Å²) in [5.41, 5.74) is 2.21. The highest BCUT2D eigenvalue weighted by atomic mass is 16.1. The van der Waals surface area contributed by atoms with Crippen LogP contribution < -0.4 is 0 Å². The van der Waals surface area contributed by atoms with Crippen molar-refractivity contribution >= 4 is 5.78 Å². The minimum absolute atomic E-state index is 0.153. The highest BCUT2D eigenvalue weighted by molar-refractivity contribution is 5.75. The summed E-state index contributed by atoms with van der Waals surface area (Å²) < 4.78 is 1.81. The molecule has 0 spiro atoms. The lowest BCUT2D eigenvalue weighted by Crippen LogP contribution is -2.10. The van der Waals surface area contributed by atoms with Crippen molar-refractivity contribution in [3.05, 3.63) is 17.5 Å². The second-order valence-corrected chi connectivity index (χ2v) is 3.19. The van der Waals surface area contributed by atoms with Gasteiger partial charge in [0.2, 0.25) is 0 Å². The zero-order valence-corrected chi connectivity index (χ0v) is 8.50. The first kappa shape index (κ1) is 9.96. The Morgan fingerprint density at radius 3 is 2.62 bits per heavy atom. The maximum Gasteiger partial charge on any atom is 0.151 e. The fraction of sp³-hybridized carbons (Fsp3) is 0.600. The molecule has 0 unspecified atom stereocenters. The van der Waals surface area contributed by atoms with Gasteiger partial charge < -0.3 is 0 Å². The third-order valence-electron chi connectivity index (χ3n) is 2.01. The van der Waals surface area contributed by atoms with Crippen molar-refractivity contribution in [1.82, 2.24) is 9.78 Å². The monoisotopic (exact) mass is 180 g/mol. The number of Topliss-reactive ketones (excluding diaryl/α,β-unsaturated/α-hetero) is 1. The molecule has 3 heteroatoms. The second-order valence-electron chi connectivity index (χ2n) is 3.19. The Morgan fingerprint density at radius 1 is 1.46 bits per heavy atom. The number of nitrogens with zero attached hydrogens (tertiary/aromatic N) is 2. The third-order valence-corrected chi connectivity index (χ3v) is 2.01. The fourth-order valence-corrected chi connectivity index (χ4v) is 1.32. The first-order valence-electron chi connectivity index (χ1n) is 4.72. The topological polar surface area (TPSA) is 34.9 Å². The molecule has 0 aliphatic heterocycles. The number of hydrogen-bond donors (Lipinski definition) is 0. The first-order chi connectivity index (χ1) is 6.17. The van der Waals surface area contributed by atoms with Crippen molar-refractivity contribution in [1.29, 1.82) is 0 Å². The van der Waals surface area contributed by atoms with Gasteiger partial charge in [0, 0.05) is 5.69 Å². The van der Waals surface area contributed by atoms with Crippen molar-refractivity contribution in [3.8, 4) is 0 Å². The molecule has 0 N–H and O–H groups in total. The van der Waals surface area contributed by atoms with Gasteiger partial charge in [-0.1, -0.05) is 13.8 Å². The predicted molar refractivity (Wildman–Crippen MR) is 51.7 cm³/mol. The number of rotatable bonds is 4. The van der Waals surface area contributed by atoms with Crippen LogP contribution in [-0.4, -0.2) is 15.6 Å². The first-order valence-corrected chi connectivity index (χ1v) is 4.72. The molecule has 0 fully saturated rings. The van der Waals surface area contributed by atoms with E-state index in [-0.39, 0.29) is 5.78 Å². The van der Waals surface area contributed by atoms with Gasteiger partial charge in [0.15, 0.2) is 5.78 Å². The van der Waals surface area contributed by atoms with E-state index in [4.69, 9.17) is 0 Å². The molecular formula is C10H16N2O. The summed E-state index contributed by atoms with van der Waals surface area (Å²) in [5.74, 6) is 0.153. The van der Waals surface area contributed by atoms with Crippen LogP contribution in [0.1, 0.15) is 32.2 Å². The van der Waals surface area contributed by atoms with Crippen molar-refractivity contribution in [2.45, 2.75) is 40.2 Å². The molecule has 13 heavy (non-hydrogen) atoms. The summed E-state index contributed by atoms with van der Waals surface area (Å²) in [6.45, 7) is 6.14. The standard InChI is InChI=1S/C10H16N2O/c1-4-9-6-10(5-2)12(11-9)7-8(3)13/h6H,4-5,7H2,1-3H3. The number of ketones is 1. The zero-order valence-electron chi connectivity index (χ0n) is 8.50. The smallest absolute Gasteiger partial charge is 0.151 e. The molecule has 0 saturated carbocycles. The molecule has 3 nitrogen and oxygen atoms in total. The average Bonchev–Trinajstić information content (AvgIpc) is 2.46. The van der Waals surface area contributed by atoms with Crippen LogP contribution in [0, 0.1) is 0 Å². The molecule has 0 aliphatic carbocycles. The molecular weight excluding hydrogens is 164 g/mol. The van der Waals surface area contributed by atoms with Crippen LogP contribution in [0.2, 0.25) is 0 Å². The highest BCUT2D eigenvalue weighted by Gasteiger charge is 2.05. The van der Waals surface area contributed by atoms with Gasteiger partial charge >= 0.3 is 0 Å². The lowest BCUT2D eigenvalue weighted by molar-refractivity contribution is -0.117. The quantitative estimate of drug-likeness (QED) is 0.705. The molecule has 0 aliphatic rings. The van der Waals surface area contributed by atoms with Crippen LogP contribution in [0.25, 0.3) is 0 Å². The molecule has 1 rings (SSSR count). The highest BCUT2D eigenvalue weighted by Crippen LogP contribution is 2.06. The normalized spacial score (nSPS) is 10.4. The summed E-state index contributed by atoms with van der Waals surface area (Å²) in [4.78, 5) is 10.9. The lowest BCUT2D eigenvalue weighted by atomic mass is 10.2. The summed E-state index contributed by atoms with van der Waals surface area (Å²) in [5, 5.41) is 4.34. The van der Waals surface area contributed by atoms with Crippen LogP contribution in [0.15, 0.2) is 6.07 Å². The summed E-state index contributed by atoms with van der Waals surface area (Å²) in [7, 11) is 0. The van der Waals surface area contributed by atoms with Gasteiger partial charge in [-0.05, 0) is 25.8 Å².